The van der Waals surface area contributed by atoms with Gasteiger partial charge in [-0.2, -0.15) is 4.98 Å². The maximum atomic E-state index is 10.8. The first-order valence-corrected chi connectivity index (χ1v) is 3.75. The third-order valence-corrected chi connectivity index (χ3v) is 1.17. The standard InChI is InChI=1S/C7H10N4O2/c1-3-5(12)8-6-9-7(11-10-6)13-4-2/h3H,1,4H2,2H3,(H2,8,9,10,11,12). The monoisotopic (exact) mass is 182 g/mol. The van der Waals surface area contributed by atoms with Gasteiger partial charge in [0, 0.05) is 0 Å². The van der Waals surface area contributed by atoms with Crippen LogP contribution in [0.1, 0.15) is 6.92 Å². The van der Waals surface area contributed by atoms with E-state index in [0.717, 1.165) is 6.08 Å². The summed E-state index contributed by atoms with van der Waals surface area (Å²) in [5.41, 5.74) is 0. The number of amides is 1. The van der Waals surface area contributed by atoms with Crippen molar-refractivity contribution in [3.8, 4) is 6.01 Å². The number of ether oxygens (including phenoxy) is 1. The summed E-state index contributed by atoms with van der Waals surface area (Å²) in [6.07, 6.45) is 1.14. The molecule has 1 heterocycles. The highest BCUT2D eigenvalue weighted by molar-refractivity contribution is 5.97. The molecule has 6 heteroatoms. The summed E-state index contributed by atoms with van der Waals surface area (Å²) in [5.74, 6) is -0.104. The van der Waals surface area contributed by atoms with Crippen LogP contribution in [0.25, 0.3) is 0 Å². The Morgan fingerprint density at radius 3 is 3.23 bits per heavy atom. The second-order valence-electron chi connectivity index (χ2n) is 2.09. The number of aromatic nitrogens is 3. The minimum absolute atomic E-state index is 0.210. The highest BCUT2D eigenvalue weighted by Gasteiger charge is 2.04. The maximum Gasteiger partial charge on any atom is 0.337 e. The molecule has 13 heavy (non-hydrogen) atoms. The third-order valence-electron chi connectivity index (χ3n) is 1.17. The maximum absolute atomic E-state index is 10.8. The van der Waals surface area contributed by atoms with E-state index in [9.17, 15) is 4.79 Å². The summed E-state index contributed by atoms with van der Waals surface area (Å²) in [7, 11) is 0. The average molecular weight is 182 g/mol. The Morgan fingerprint density at radius 1 is 1.85 bits per heavy atom. The minimum atomic E-state index is -0.348. The summed E-state index contributed by atoms with van der Waals surface area (Å²) in [6, 6.07) is 0.210. The largest absolute Gasteiger partial charge is 0.463 e. The van der Waals surface area contributed by atoms with Crippen LogP contribution in [0, 0.1) is 0 Å². The van der Waals surface area contributed by atoms with Gasteiger partial charge in [0.15, 0.2) is 0 Å². The smallest absolute Gasteiger partial charge is 0.337 e. The number of H-pyrrole nitrogens is 1. The Kier molecular flexibility index (Phi) is 3.02. The van der Waals surface area contributed by atoms with Crippen LogP contribution >= 0.6 is 0 Å². The molecule has 0 aliphatic rings. The first-order chi connectivity index (χ1) is 6.26. The van der Waals surface area contributed by atoms with E-state index in [1.54, 1.807) is 0 Å². The number of hydrogen-bond acceptors (Lipinski definition) is 4. The Bertz CT molecular complexity index is 307. The number of carbonyl (C=O) groups is 1. The lowest BCUT2D eigenvalue weighted by molar-refractivity contribution is -0.111. The lowest BCUT2D eigenvalue weighted by Crippen LogP contribution is -2.08. The molecule has 0 saturated heterocycles. The van der Waals surface area contributed by atoms with E-state index < -0.39 is 0 Å². The van der Waals surface area contributed by atoms with Crippen molar-refractivity contribution in [3.63, 3.8) is 0 Å². The fourth-order valence-corrected chi connectivity index (χ4v) is 0.664. The van der Waals surface area contributed by atoms with Crippen LogP contribution in [0.15, 0.2) is 12.7 Å². The Hall–Kier alpha value is -1.85. The molecule has 0 atom stereocenters. The Balaban J connectivity index is 2.58. The topological polar surface area (TPSA) is 79.9 Å². The fourth-order valence-electron chi connectivity index (χ4n) is 0.664. The fraction of sp³-hybridized carbons (Fsp3) is 0.286. The average Bonchev–Trinajstić information content (AvgIpc) is 2.53. The van der Waals surface area contributed by atoms with Crippen LogP contribution < -0.4 is 10.1 Å². The van der Waals surface area contributed by atoms with Crippen LogP contribution in [-0.2, 0) is 4.79 Å². The van der Waals surface area contributed by atoms with Crippen LogP contribution in [0.4, 0.5) is 5.95 Å². The molecule has 0 unspecified atom stereocenters. The lowest BCUT2D eigenvalue weighted by Gasteiger charge is -1.93. The van der Waals surface area contributed by atoms with Gasteiger partial charge in [-0.25, -0.2) is 5.10 Å². The van der Waals surface area contributed by atoms with Gasteiger partial charge in [0.25, 0.3) is 0 Å². The molecule has 1 aromatic rings. The zero-order chi connectivity index (χ0) is 9.68. The summed E-state index contributed by atoms with van der Waals surface area (Å²) >= 11 is 0. The summed E-state index contributed by atoms with van der Waals surface area (Å²) < 4.78 is 4.97. The zero-order valence-electron chi connectivity index (χ0n) is 7.20. The number of hydrogen-bond donors (Lipinski definition) is 2. The predicted octanol–water partition coefficient (Wildman–Crippen LogP) is 0.328. The number of nitrogens with one attached hydrogen (secondary N) is 2. The van der Waals surface area contributed by atoms with Gasteiger partial charge < -0.3 is 4.74 Å². The molecule has 0 radical (unpaired) electrons. The Labute approximate surface area is 75.0 Å². The van der Waals surface area contributed by atoms with Gasteiger partial charge in [0.05, 0.1) is 6.61 Å². The van der Waals surface area contributed by atoms with Crippen molar-refractivity contribution in [2.75, 3.05) is 11.9 Å². The van der Waals surface area contributed by atoms with E-state index in [2.05, 4.69) is 27.1 Å². The van der Waals surface area contributed by atoms with Gasteiger partial charge in [-0.05, 0) is 13.0 Å². The summed E-state index contributed by atoms with van der Waals surface area (Å²) in [4.78, 5) is 14.6. The highest BCUT2D eigenvalue weighted by Crippen LogP contribution is 2.04. The van der Waals surface area contributed by atoms with Crippen molar-refractivity contribution in [2.45, 2.75) is 6.92 Å². The van der Waals surface area contributed by atoms with Crippen LogP contribution in [0.3, 0.4) is 0 Å². The van der Waals surface area contributed by atoms with Gasteiger partial charge in [-0.1, -0.05) is 6.58 Å². The van der Waals surface area contributed by atoms with Crippen LogP contribution in [-0.4, -0.2) is 27.7 Å². The predicted molar refractivity (Wildman–Crippen MR) is 46.4 cm³/mol. The van der Waals surface area contributed by atoms with Crippen molar-refractivity contribution >= 4 is 11.9 Å². The van der Waals surface area contributed by atoms with Crippen molar-refractivity contribution in [2.24, 2.45) is 0 Å². The van der Waals surface area contributed by atoms with E-state index in [1.807, 2.05) is 6.92 Å². The highest BCUT2D eigenvalue weighted by atomic mass is 16.5. The molecule has 1 aromatic heterocycles. The van der Waals surface area contributed by atoms with Crippen molar-refractivity contribution in [1.82, 2.24) is 15.2 Å². The number of anilines is 1. The molecule has 1 amide bonds. The molecule has 70 valence electrons. The van der Waals surface area contributed by atoms with Gasteiger partial charge in [-0.3, -0.25) is 10.1 Å². The van der Waals surface area contributed by atoms with Crippen LogP contribution in [0.5, 0.6) is 6.01 Å². The molecular weight excluding hydrogens is 172 g/mol. The molecule has 0 spiro atoms. The first-order valence-electron chi connectivity index (χ1n) is 3.75. The molecular formula is C7H10N4O2. The van der Waals surface area contributed by atoms with Crippen molar-refractivity contribution in [1.29, 1.82) is 0 Å². The zero-order valence-corrected chi connectivity index (χ0v) is 7.20. The van der Waals surface area contributed by atoms with Crippen LogP contribution in [0.2, 0.25) is 0 Å². The second kappa shape index (κ2) is 4.24. The number of aromatic amines is 1. The molecule has 6 nitrogen and oxygen atoms in total. The van der Waals surface area contributed by atoms with Gasteiger partial charge in [0.1, 0.15) is 0 Å². The number of carbonyl (C=O) groups excluding carboxylic acids is 1. The first kappa shape index (κ1) is 9.24. The quantitative estimate of drug-likeness (QED) is 0.657. The lowest BCUT2D eigenvalue weighted by atomic mass is 10.6. The molecule has 0 aromatic carbocycles. The van der Waals surface area contributed by atoms with Gasteiger partial charge >= 0.3 is 6.01 Å². The number of rotatable bonds is 4. The number of nitrogens with zero attached hydrogens (tertiary/aromatic N) is 2. The third kappa shape index (κ3) is 2.58. The molecule has 0 saturated carbocycles. The van der Waals surface area contributed by atoms with E-state index in [4.69, 9.17) is 4.74 Å². The van der Waals surface area contributed by atoms with Crippen molar-refractivity contribution < 1.29 is 9.53 Å². The Morgan fingerprint density at radius 2 is 2.62 bits per heavy atom. The van der Waals surface area contributed by atoms with Gasteiger partial charge in [0.2, 0.25) is 11.9 Å². The van der Waals surface area contributed by atoms with E-state index in [0.29, 0.717) is 6.61 Å². The SMILES string of the molecule is C=CC(=O)Nc1nc(OCC)n[nH]1. The second-order valence-corrected chi connectivity index (χ2v) is 2.09. The normalized spacial score (nSPS) is 9.31. The molecule has 1 rings (SSSR count). The van der Waals surface area contributed by atoms with E-state index in [-0.39, 0.29) is 17.9 Å². The molecule has 0 fully saturated rings. The molecule has 0 bridgehead atoms. The van der Waals surface area contributed by atoms with Gasteiger partial charge in [-0.15, -0.1) is 5.10 Å². The van der Waals surface area contributed by atoms with E-state index >= 15 is 0 Å². The van der Waals surface area contributed by atoms with E-state index in [1.165, 1.54) is 0 Å². The van der Waals surface area contributed by atoms with Crippen molar-refractivity contribution in [3.05, 3.63) is 12.7 Å². The molecule has 0 aliphatic carbocycles. The summed E-state index contributed by atoms with van der Waals surface area (Å²) in [6.45, 7) is 5.59. The summed E-state index contributed by atoms with van der Waals surface area (Å²) in [5, 5.41) is 8.58. The molecule has 0 aliphatic heterocycles. The minimum Gasteiger partial charge on any atom is -0.463 e. The molecule has 2 N–H and O–H groups in total.